The standard InChI is InChI=1S/C12H22S/c1-3-5-7-8-9-10-12-13-11-6-4-2/h3,9-10H,1,4-8,11-12H2,2H3. The summed E-state index contributed by atoms with van der Waals surface area (Å²) in [6, 6.07) is 0. The highest BCUT2D eigenvalue weighted by atomic mass is 32.2. The molecular formula is C12H22S. The maximum Gasteiger partial charge on any atom is 0.0113 e. The maximum absolute atomic E-state index is 3.70. The Morgan fingerprint density at radius 1 is 1.15 bits per heavy atom. The van der Waals surface area contributed by atoms with E-state index >= 15 is 0 Å². The Labute approximate surface area is 87.5 Å². The van der Waals surface area contributed by atoms with Crippen molar-refractivity contribution in [2.45, 2.75) is 39.0 Å². The Morgan fingerprint density at radius 2 is 2.00 bits per heavy atom. The molecule has 0 heterocycles. The van der Waals surface area contributed by atoms with Gasteiger partial charge in [0.05, 0.1) is 0 Å². The predicted octanol–water partition coefficient (Wildman–Crippen LogP) is 4.43. The average Bonchev–Trinajstić information content (AvgIpc) is 2.16. The van der Waals surface area contributed by atoms with E-state index < -0.39 is 0 Å². The van der Waals surface area contributed by atoms with Gasteiger partial charge < -0.3 is 0 Å². The molecule has 0 aromatic heterocycles. The molecule has 0 nitrogen and oxygen atoms in total. The molecule has 13 heavy (non-hydrogen) atoms. The van der Waals surface area contributed by atoms with Gasteiger partial charge in [-0.25, -0.2) is 0 Å². The van der Waals surface area contributed by atoms with Gasteiger partial charge in [0.15, 0.2) is 0 Å². The number of allylic oxidation sites excluding steroid dienone is 2. The number of unbranched alkanes of at least 4 members (excludes halogenated alkanes) is 3. The lowest BCUT2D eigenvalue weighted by atomic mass is 10.2. The molecule has 0 amide bonds. The quantitative estimate of drug-likeness (QED) is 0.390. The smallest absolute Gasteiger partial charge is 0.0113 e. The summed E-state index contributed by atoms with van der Waals surface area (Å²) in [4.78, 5) is 0. The monoisotopic (exact) mass is 198 g/mol. The Balaban J connectivity index is 2.98. The van der Waals surface area contributed by atoms with Crippen LogP contribution in [-0.4, -0.2) is 11.5 Å². The van der Waals surface area contributed by atoms with Crippen molar-refractivity contribution in [2.75, 3.05) is 11.5 Å². The number of hydrogen-bond donors (Lipinski definition) is 0. The van der Waals surface area contributed by atoms with Crippen LogP contribution in [0.2, 0.25) is 0 Å². The first-order valence-corrected chi connectivity index (χ1v) is 6.41. The molecule has 0 fully saturated rings. The lowest BCUT2D eigenvalue weighted by molar-refractivity contribution is 0.869. The molecular weight excluding hydrogens is 176 g/mol. The van der Waals surface area contributed by atoms with Gasteiger partial charge in [-0.2, -0.15) is 11.8 Å². The molecule has 0 N–H and O–H groups in total. The third-order valence-electron chi connectivity index (χ3n) is 1.80. The van der Waals surface area contributed by atoms with Gasteiger partial charge in [-0.15, -0.1) is 6.58 Å². The Morgan fingerprint density at radius 3 is 2.69 bits per heavy atom. The van der Waals surface area contributed by atoms with Crippen LogP contribution in [0.4, 0.5) is 0 Å². The van der Waals surface area contributed by atoms with Crippen LogP contribution in [-0.2, 0) is 0 Å². The predicted molar refractivity (Wildman–Crippen MR) is 65.4 cm³/mol. The SMILES string of the molecule is C=CCCCC=CCSCCCC. The van der Waals surface area contributed by atoms with E-state index in [1.165, 1.54) is 37.2 Å². The van der Waals surface area contributed by atoms with E-state index in [4.69, 9.17) is 0 Å². The summed E-state index contributed by atoms with van der Waals surface area (Å²) in [5.74, 6) is 2.50. The van der Waals surface area contributed by atoms with Crippen LogP contribution in [0, 0.1) is 0 Å². The zero-order valence-electron chi connectivity index (χ0n) is 8.80. The molecule has 1 heteroatoms. The molecule has 0 saturated carbocycles. The second kappa shape index (κ2) is 11.8. The van der Waals surface area contributed by atoms with E-state index in [1.54, 1.807) is 0 Å². The minimum Gasteiger partial charge on any atom is -0.158 e. The molecule has 0 rings (SSSR count). The second-order valence-electron chi connectivity index (χ2n) is 3.12. The van der Waals surface area contributed by atoms with Crippen LogP contribution in [0.5, 0.6) is 0 Å². The first kappa shape index (κ1) is 12.8. The van der Waals surface area contributed by atoms with Gasteiger partial charge in [-0.05, 0) is 31.4 Å². The molecule has 0 aliphatic carbocycles. The van der Waals surface area contributed by atoms with Gasteiger partial charge in [0.1, 0.15) is 0 Å². The largest absolute Gasteiger partial charge is 0.158 e. The Kier molecular flexibility index (Phi) is 11.7. The zero-order chi connectivity index (χ0) is 9.78. The number of rotatable bonds is 9. The minimum atomic E-state index is 1.15. The maximum atomic E-state index is 3.70. The average molecular weight is 198 g/mol. The van der Waals surface area contributed by atoms with Crippen LogP contribution in [0.15, 0.2) is 24.8 Å². The van der Waals surface area contributed by atoms with Crippen LogP contribution in [0.25, 0.3) is 0 Å². The van der Waals surface area contributed by atoms with Crippen LogP contribution in [0.3, 0.4) is 0 Å². The van der Waals surface area contributed by atoms with Crippen molar-refractivity contribution < 1.29 is 0 Å². The highest BCUT2D eigenvalue weighted by Gasteiger charge is 1.84. The van der Waals surface area contributed by atoms with E-state index in [1.807, 2.05) is 17.8 Å². The molecule has 0 saturated heterocycles. The topological polar surface area (TPSA) is 0 Å². The third kappa shape index (κ3) is 11.8. The lowest BCUT2D eigenvalue weighted by Gasteiger charge is -1.94. The van der Waals surface area contributed by atoms with Crippen molar-refractivity contribution in [3.63, 3.8) is 0 Å². The highest BCUT2D eigenvalue weighted by molar-refractivity contribution is 7.99. The third-order valence-corrected chi connectivity index (χ3v) is 2.81. The lowest BCUT2D eigenvalue weighted by Crippen LogP contribution is -1.78. The number of hydrogen-bond acceptors (Lipinski definition) is 1. The van der Waals surface area contributed by atoms with Gasteiger partial charge >= 0.3 is 0 Å². The first-order chi connectivity index (χ1) is 6.41. The molecule has 0 unspecified atom stereocenters. The molecule has 0 aromatic rings. The fraction of sp³-hybridized carbons (Fsp3) is 0.667. The first-order valence-electron chi connectivity index (χ1n) is 5.25. The van der Waals surface area contributed by atoms with Crippen LogP contribution >= 0.6 is 11.8 Å². The molecule has 0 bridgehead atoms. The van der Waals surface area contributed by atoms with Crippen molar-refractivity contribution in [1.82, 2.24) is 0 Å². The van der Waals surface area contributed by atoms with E-state index in [9.17, 15) is 0 Å². The van der Waals surface area contributed by atoms with Crippen molar-refractivity contribution in [3.05, 3.63) is 24.8 Å². The summed E-state index contributed by atoms with van der Waals surface area (Å²) in [5.41, 5.74) is 0. The molecule has 0 atom stereocenters. The van der Waals surface area contributed by atoms with E-state index in [2.05, 4.69) is 25.7 Å². The van der Waals surface area contributed by atoms with Crippen molar-refractivity contribution in [1.29, 1.82) is 0 Å². The van der Waals surface area contributed by atoms with Gasteiger partial charge in [-0.3, -0.25) is 0 Å². The summed E-state index contributed by atoms with van der Waals surface area (Å²) in [5, 5.41) is 0. The minimum absolute atomic E-state index is 1.15. The van der Waals surface area contributed by atoms with Crippen LogP contribution < -0.4 is 0 Å². The van der Waals surface area contributed by atoms with E-state index in [0.717, 1.165) is 6.42 Å². The van der Waals surface area contributed by atoms with E-state index in [0.29, 0.717) is 0 Å². The van der Waals surface area contributed by atoms with Crippen LogP contribution in [0.1, 0.15) is 39.0 Å². The molecule has 0 aliphatic rings. The Bertz CT molecular complexity index is 127. The van der Waals surface area contributed by atoms with Gasteiger partial charge in [-0.1, -0.05) is 31.6 Å². The molecule has 0 aliphatic heterocycles. The van der Waals surface area contributed by atoms with Gasteiger partial charge in [0.25, 0.3) is 0 Å². The molecule has 76 valence electrons. The van der Waals surface area contributed by atoms with Crippen molar-refractivity contribution >= 4 is 11.8 Å². The van der Waals surface area contributed by atoms with Crippen molar-refractivity contribution in [3.8, 4) is 0 Å². The molecule has 0 radical (unpaired) electrons. The Hall–Kier alpha value is -0.170. The highest BCUT2D eigenvalue weighted by Crippen LogP contribution is 2.05. The number of thioether (sulfide) groups is 1. The summed E-state index contributed by atoms with van der Waals surface area (Å²) >= 11 is 2.03. The second-order valence-corrected chi connectivity index (χ2v) is 4.27. The van der Waals surface area contributed by atoms with E-state index in [-0.39, 0.29) is 0 Å². The normalized spacial score (nSPS) is 10.8. The zero-order valence-corrected chi connectivity index (χ0v) is 9.61. The van der Waals surface area contributed by atoms with Gasteiger partial charge in [0.2, 0.25) is 0 Å². The van der Waals surface area contributed by atoms with Gasteiger partial charge in [0, 0.05) is 5.75 Å². The summed E-state index contributed by atoms with van der Waals surface area (Å²) in [6.07, 6.45) is 12.9. The summed E-state index contributed by atoms with van der Waals surface area (Å²) in [6.45, 7) is 5.94. The summed E-state index contributed by atoms with van der Waals surface area (Å²) in [7, 11) is 0. The fourth-order valence-corrected chi connectivity index (χ4v) is 1.90. The summed E-state index contributed by atoms with van der Waals surface area (Å²) < 4.78 is 0. The molecule has 0 aromatic carbocycles. The fourth-order valence-electron chi connectivity index (χ4n) is 0.964. The van der Waals surface area contributed by atoms with Crippen molar-refractivity contribution in [2.24, 2.45) is 0 Å². The molecule has 0 spiro atoms.